The number of hydrogen-bond donors (Lipinski definition) is 0. The summed E-state index contributed by atoms with van der Waals surface area (Å²) in [7, 11) is 0. The molecule has 0 radical (unpaired) electrons. The second-order valence-corrected chi connectivity index (χ2v) is 7.12. The van der Waals surface area contributed by atoms with Crippen LogP contribution in [0.3, 0.4) is 0 Å². The Bertz CT molecular complexity index is 962. The molecule has 0 spiro atoms. The fourth-order valence-electron chi connectivity index (χ4n) is 3.56. The first-order chi connectivity index (χ1) is 13.9. The molecule has 0 fully saturated rings. The monoisotopic (exact) mass is 393 g/mol. The molecule has 0 saturated carbocycles. The van der Waals surface area contributed by atoms with Crippen molar-refractivity contribution < 1.29 is 18.7 Å². The summed E-state index contributed by atoms with van der Waals surface area (Å²) in [5.74, 6) is -1.43. The number of aryl methyl sites for hydroxylation is 1. The van der Waals surface area contributed by atoms with Crippen molar-refractivity contribution in [2.75, 3.05) is 6.61 Å². The third-order valence-corrected chi connectivity index (χ3v) is 5.14. The summed E-state index contributed by atoms with van der Waals surface area (Å²) in [6.45, 7) is 7.41. The molecule has 1 heterocycles. The molecule has 3 rings (SSSR count). The number of halogens is 1. The average molecular weight is 393 g/mol. The minimum atomic E-state index is -0.487. The van der Waals surface area contributed by atoms with E-state index in [9.17, 15) is 14.0 Å². The molecule has 2 aromatic rings. The van der Waals surface area contributed by atoms with Gasteiger partial charge in [-0.15, -0.1) is 0 Å². The molecule has 1 aliphatic heterocycles. The minimum absolute atomic E-state index is 0.0657. The van der Waals surface area contributed by atoms with Gasteiger partial charge in [-0.3, -0.25) is 4.79 Å². The van der Waals surface area contributed by atoms with Crippen molar-refractivity contribution in [3.05, 3.63) is 95.0 Å². The number of benzene rings is 2. The lowest BCUT2D eigenvalue weighted by Crippen LogP contribution is -2.38. The predicted octanol–water partition coefficient (Wildman–Crippen LogP) is 4.65. The Balaban J connectivity index is 2.03. The van der Waals surface area contributed by atoms with Gasteiger partial charge in [0.15, 0.2) is 0 Å². The molecule has 0 aliphatic carbocycles. The fraction of sp³-hybridized carbons (Fsp3) is 0.250. The SMILES string of the molecule is C=CCOC(=O)C1=C(C)N(Cc2ccccc2F)C(=O)CC1c1ccc(C)cc1. The van der Waals surface area contributed by atoms with Crippen molar-refractivity contribution >= 4 is 11.9 Å². The number of hydrogen-bond acceptors (Lipinski definition) is 3. The number of carbonyl (C=O) groups is 2. The summed E-state index contributed by atoms with van der Waals surface area (Å²) in [6, 6.07) is 14.1. The quantitative estimate of drug-likeness (QED) is 0.530. The third-order valence-electron chi connectivity index (χ3n) is 5.14. The highest BCUT2D eigenvalue weighted by Gasteiger charge is 2.37. The first kappa shape index (κ1) is 20.5. The molecule has 0 N–H and O–H groups in total. The molecule has 0 aromatic heterocycles. The third kappa shape index (κ3) is 4.45. The maximum absolute atomic E-state index is 14.1. The zero-order valence-electron chi connectivity index (χ0n) is 16.7. The van der Waals surface area contributed by atoms with E-state index in [1.807, 2.05) is 31.2 Å². The molecule has 1 aliphatic rings. The van der Waals surface area contributed by atoms with Gasteiger partial charge in [0.05, 0.1) is 12.1 Å². The van der Waals surface area contributed by atoms with Gasteiger partial charge in [0.1, 0.15) is 12.4 Å². The molecule has 150 valence electrons. The Morgan fingerprint density at radius 1 is 1.21 bits per heavy atom. The molecule has 0 bridgehead atoms. The summed E-state index contributed by atoms with van der Waals surface area (Å²) in [4.78, 5) is 27.3. The van der Waals surface area contributed by atoms with E-state index in [4.69, 9.17) is 4.74 Å². The van der Waals surface area contributed by atoms with Crippen molar-refractivity contribution in [3.8, 4) is 0 Å². The number of carbonyl (C=O) groups excluding carboxylic acids is 2. The van der Waals surface area contributed by atoms with E-state index in [1.54, 1.807) is 25.1 Å². The van der Waals surface area contributed by atoms with Gasteiger partial charge in [-0.05, 0) is 25.5 Å². The topological polar surface area (TPSA) is 46.6 Å². The highest BCUT2D eigenvalue weighted by Crippen LogP contribution is 2.38. The molecule has 1 unspecified atom stereocenters. The molecule has 0 saturated heterocycles. The van der Waals surface area contributed by atoms with Crippen LogP contribution in [0.4, 0.5) is 4.39 Å². The van der Waals surface area contributed by atoms with Crippen LogP contribution in [0.25, 0.3) is 0 Å². The van der Waals surface area contributed by atoms with E-state index in [2.05, 4.69) is 6.58 Å². The van der Waals surface area contributed by atoms with Crippen LogP contribution in [0.2, 0.25) is 0 Å². The van der Waals surface area contributed by atoms with Crippen LogP contribution < -0.4 is 0 Å². The Kier molecular flexibility index (Phi) is 6.27. The minimum Gasteiger partial charge on any atom is -0.458 e. The maximum Gasteiger partial charge on any atom is 0.336 e. The van der Waals surface area contributed by atoms with Crippen molar-refractivity contribution in [2.45, 2.75) is 32.7 Å². The van der Waals surface area contributed by atoms with Crippen LogP contribution in [0.1, 0.15) is 36.0 Å². The second kappa shape index (κ2) is 8.86. The van der Waals surface area contributed by atoms with Gasteiger partial charge in [-0.2, -0.15) is 0 Å². The van der Waals surface area contributed by atoms with E-state index in [0.717, 1.165) is 11.1 Å². The zero-order valence-corrected chi connectivity index (χ0v) is 16.7. The number of ether oxygens (including phenoxy) is 1. The Labute approximate surface area is 170 Å². The number of amides is 1. The Morgan fingerprint density at radius 3 is 2.55 bits per heavy atom. The van der Waals surface area contributed by atoms with Gasteiger partial charge in [-0.1, -0.05) is 60.7 Å². The van der Waals surface area contributed by atoms with Gasteiger partial charge >= 0.3 is 5.97 Å². The highest BCUT2D eigenvalue weighted by atomic mass is 19.1. The average Bonchev–Trinajstić information content (AvgIpc) is 2.70. The maximum atomic E-state index is 14.1. The lowest BCUT2D eigenvalue weighted by atomic mass is 9.83. The summed E-state index contributed by atoms with van der Waals surface area (Å²) >= 11 is 0. The largest absolute Gasteiger partial charge is 0.458 e. The molecule has 2 aromatic carbocycles. The zero-order chi connectivity index (χ0) is 21.0. The van der Waals surface area contributed by atoms with Gasteiger partial charge in [-0.25, -0.2) is 9.18 Å². The highest BCUT2D eigenvalue weighted by molar-refractivity contribution is 5.95. The Hall–Kier alpha value is -3.21. The molecule has 1 amide bonds. The van der Waals surface area contributed by atoms with Crippen LogP contribution in [0.5, 0.6) is 0 Å². The van der Waals surface area contributed by atoms with Crippen molar-refractivity contribution in [2.24, 2.45) is 0 Å². The first-order valence-corrected chi connectivity index (χ1v) is 9.51. The van der Waals surface area contributed by atoms with Gasteiger partial charge < -0.3 is 9.64 Å². The molecular weight excluding hydrogens is 369 g/mol. The van der Waals surface area contributed by atoms with E-state index in [-0.39, 0.29) is 31.3 Å². The number of allylic oxidation sites excluding steroid dienone is 1. The lowest BCUT2D eigenvalue weighted by Gasteiger charge is -2.34. The smallest absolute Gasteiger partial charge is 0.336 e. The van der Waals surface area contributed by atoms with Gasteiger partial charge in [0.2, 0.25) is 5.91 Å². The first-order valence-electron chi connectivity index (χ1n) is 9.51. The van der Waals surface area contributed by atoms with Crippen molar-refractivity contribution in [1.29, 1.82) is 0 Å². The lowest BCUT2D eigenvalue weighted by molar-refractivity contribution is -0.139. The summed E-state index contributed by atoms with van der Waals surface area (Å²) < 4.78 is 19.5. The molecular formula is C24H24FNO3. The van der Waals surface area contributed by atoms with E-state index in [1.165, 1.54) is 17.0 Å². The van der Waals surface area contributed by atoms with Crippen LogP contribution in [-0.2, 0) is 20.9 Å². The molecule has 29 heavy (non-hydrogen) atoms. The van der Waals surface area contributed by atoms with Crippen molar-refractivity contribution in [1.82, 2.24) is 4.90 Å². The van der Waals surface area contributed by atoms with E-state index < -0.39 is 11.9 Å². The van der Waals surface area contributed by atoms with Gasteiger partial charge in [0, 0.05) is 23.6 Å². The number of esters is 1. The van der Waals surface area contributed by atoms with Gasteiger partial charge in [0.25, 0.3) is 0 Å². The standard InChI is InChI=1S/C24H24FNO3/c1-4-13-29-24(28)23-17(3)26(15-19-7-5-6-8-21(19)25)22(27)14-20(23)18-11-9-16(2)10-12-18/h4-12,20H,1,13-15H2,2-3H3. The normalized spacial score (nSPS) is 16.7. The molecule has 5 heteroatoms. The van der Waals surface area contributed by atoms with E-state index >= 15 is 0 Å². The van der Waals surface area contributed by atoms with Crippen LogP contribution in [0, 0.1) is 12.7 Å². The number of nitrogens with zero attached hydrogens (tertiary/aromatic N) is 1. The molecule has 4 nitrogen and oxygen atoms in total. The van der Waals surface area contributed by atoms with Crippen LogP contribution >= 0.6 is 0 Å². The summed E-state index contributed by atoms with van der Waals surface area (Å²) in [6.07, 6.45) is 1.62. The van der Waals surface area contributed by atoms with Crippen molar-refractivity contribution in [3.63, 3.8) is 0 Å². The summed E-state index contributed by atoms with van der Waals surface area (Å²) in [5.41, 5.74) is 3.27. The molecule has 1 atom stereocenters. The Morgan fingerprint density at radius 2 is 1.90 bits per heavy atom. The fourth-order valence-corrected chi connectivity index (χ4v) is 3.56. The van der Waals surface area contributed by atoms with Crippen LogP contribution in [0.15, 0.2) is 72.5 Å². The second-order valence-electron chi connectivity index (χ2n) is 7.12. The van der Waals surface area contributed by atoms with E-state index in [0.29, 0.717) is 16.8 Å². The van der Waals surface area contributed by atoms with Crippen LogP contribution in [-0.4, -0.2) is 23.4 Å². The predicted molar refractivity (Wildman–Crippen MR) is 109 cm³/mol. The number of rotatable bonds is 6. The summed E-state index contributed by atoms with van der Waals surface area (Å²) in [5, 5.41) is 0.